The van der Waals surface area contributed by atoms with Crippen LogP contribution >= 0.6 is 0 Å². The molecule has 1 amide bonds. The number of carbonyl (C=O) groups excluding carboxylic acids is 1. The number of fused-ring (bicyclic) bond motifs is 1. The summed E-state index contributed by atoms with van der Waals surface area (Å²) in [5, 5.41) is 3.05. The van der Waals surface area contributed by atoms with Gasteiger partial charge in [-0.2, -0.15) is 0 Å². The summed E-state index contributed by atoms with van der Waals surface area (Å²) in [5.74, 6) is 0.101. The van der Waals surface area contributed by atoms with Gasteiger partial charge in [-0.1, -0.05) is 48.5 Å². The van der Waals surface area contributed by atoms with E-state index in [4.69, 9.17) is 0 Å². The summed E-state index contributed by atoms with van der Waals surface area (Å²) in [7, 11) is 0. The highest BCUT2D eigenvalue weighted by Gasteiger charge is 2.24. The van der Waals surface area contributed by atoms with Gasteiger partial charge in [0.1, 0.15) is 0 Å². The molecule has 1 atom stereocenters. The molecule has 1 heterocycles. The molecule has 1 aliphatic heterocycles. The predicted molar refractivity (Wildman–Crippen MR) is 94.7 cm³/mol. The van der Waals surface area contributed by atoms with Gasteiger partial charge in [0.05, 0.1) is 6.54 Å². The van der Waals surface area contributed by atoms with Crippen LogP contribution in [0.25, 0.3) is 0 Å². The summed E-state index contributed by atoms with van der Waals surface area (Å²) in [6.45, 7) is 3.33. The fourth-order valence-electron chi connectivity index (χ4n) is 3.20. The van der Waals surface area contributed by atoms with Crippen molar-refractivity contribution in [1.29, 1.82) is 0 Å². The van der Waals surface area contributed by atoms with Gasteiger partial charge in [0, 0.05) is 18.3 Å². The molecule has 2 aromatic carbocycles. The lowest BCUT2D eigenvalue weighted by Crippen LogP contribution is -2.44. The van der Waals surface area contributed by atoms with Crippen molar-refractivity contribution in [3.05, 3.63) is 65.7 Å². The summed E-state index contributed by atoms with van der Waals surface area (Å²) in [4.78, 5) is 14.5. The molecule has 1 unspecified atom stereocenters. The molecule has 0 radical (unpaired) electrons. The summed E-state index contributed by atoms with van der Waals surface area (Å²) < 4.78 is 0. The second-order valence-electron chi connectivity index (χ2n) is 6.23. The molecule has 0 bridgehead atoms. The third-order valence-corrected chi connectivity index (χ3v) is 4.56. The summed E-state index contributed by atoms with van der Waals surface area (Å²) in [6.07, 6.45) is 3.08. The minimum Gasteiger partial charge on any atom is -0.359 e. The molecule has 0 spiro atoms. The molecule has 0 fully saturated rings. The van der Waals surface area contributed by atoms with E-state index < -0.39 is 0 Å². The van der Waals surface area contributed by atoms with Gasteiger partial charge < -0.3 is 10.2 Å². The van der Waals surface area contributed by atoms with Crippen molar-refractivity contribution in [1.82, 2.24) is 5.32 Å². The van der Waals surface area contributed by atoms with Crippen LogP contribution in [0, 0.1) is 0 Å². The van der Waals surface area contributed by atoms with Gasteiger partial charge >= 0.3 is 0 Å². The van der Waals surface area contributed by atoms with Crippen molar-refractivity contribution in [2.45, 2.75) is 32.2 Å². The largest absolute Gasteiger partial charge is 0.359 e. The fraction of sp³-hybridized carbons (Fsp3) is 0.350. The number of benzene rings is 2. The number of hydrogen-bond donors (Lipinski definition) is 1. The SMILES string of the molecule is CC1CCc2ccccc2N1CC(=O)NCCc1ccccc1. The molecular weight excluding hydrogens is 284 g/mol. The Balaban J connectivity index is 1.55. The van der Waals surface area contributed by atoms with Crippen molar-refractivity contribution >= 4 is 11.6 Å². The van der Waals surface area contributed by atoms with Gasteiger partial charge in [-0.3, -0.25) is 4.79 Å². The standard InChI is InChI=1S/C20H24N2O/c1-16-11-12-18-9-5-6-10-19(18)22(16)15-20(23)21-14-13-17-7-3-2-4-8-17/h2-10,16H,11-15H2,1H3,(H,21,23). The van der Waals surface area contributed by atoms with Crippen LogP contribution in [0.4, 0.5) is 5.69 Å². The zero-order chi connectivity index (χ0) is 16.1. The van der Waals surface area contributed by atoms with Crippen LogP contribution in [-0.4, -0.2) is 25.0 Å². The quantitative estimate of drug-likeness (QED) is 0.920. The topological polar surface area (TPSA) is 32.3 Å². The van der Waals surface area contributed by atoms with E-state index in [1.807, 2.05) is 18.2 Å². The molecule has 120 valence electrons. The van der Waals surface area contributed by atoms with E-state index in [9.17, 15) is 4.79 Å². The van der Waals surface area contributed by atoms with Gasteiger partial charge in [-0.05, 0) is 43.4 Å². The zero-order valence-corrected chi connectivity index (χ0v) is 13.7. The molecule has 0 aliphatic carbocycles. The molecule has 1 N–H and O–H groups in total. The molecule has 23 heavy (non-hydrogen) atoms. The Morgan fingerprint density at radius 3 is 2.70 bits per heavy atom. The molecular formula is C20H24N2O. The predicted octanol–water partition coefficient (Wildman–Crippen LogP) is 3.19. The Morgan fingerprint density at radius 2 is 1.87 bits per heavy atom. The highest BCUT2D eigenvalue weighted by molar-refractivity contribution is 5.82. The van der Waals surface area contributed by atoms with E-state index in [1.165, 1.54) is 16.8 Å². The first-order valence-electron chi connectivity index (χ1n) is 8.39. The van der Waals surface area contributed by atoms with Crippen LogP contribution in [0.5, 0.6) is 0 Å². The Kier molecular flexibility index (Phi) is 4.96. The van der Waals surface area contributed by atoms with Gasteiger partial charge in [0.25, 0.3) is 0 Å². The maximum Gasteiger partial charge on any atom is 0.239 e. The van der Waals surface area contributed by atoms with Crippen molar-refractivity contribution in [2.75, 3.05) is 18.0 Å². The number of hydrogen-bond acceptors (Lipinski definition) is 2. The molecule has 3 heteroatoms. The van der Waals surface area contributed by atoms with Crippen LogP contribution in [0.3, 0.4) is 0 Å². The average Bonchev–Trinajstić information content (AvgIpc) is 2.58. The Hall–Kier alpha value is -2.29. The summed E-state index contributed by atoms with van der Waals surface area (Å²) in [5.41, 5.74) is 3.82. The third-order valence-electron chi connectivity index (χ3n) is 4.56. The molecule has 0 saturated carbocycles. The van der Waals surface area contributed by atoms with Crippen molar-refractivity contribution < 1.29 is 4.79 Å². The number of para-hydroxylation sites is 1. The number of anilines is 1. The number of rotatable bonds is 5. The Morgan fingerprint density at radius 1 is 1.13 bits per heavy atom. The van der Waals surface area contributed by atoms with Crippen molar-refractivity contribution in [3.63, 3.8) is 0 Å². The molecule has 1 aliphatic rings. The second kappa shape index (κ2) is 7.32. The normalized spacial score (nSPS) is 16.7. The van der Waals surface area contributed by atoms with Crippen LogP contribution in [0.15, 0.2) is 54.6 Å². The van der Waals surface area contributed by atoms with Crippen LogP contribution < -0.4 is 10.2 Å². The Bertz CT molecular complexity index is 654. The molecule has 0 saturated heterocycles. The highest BCUT2D eigenvalue weighted by Crippen LogP contribution is 2.29. The second-order valence-corrected chi connectivity index (χ2v) is 6.23. The number of carbonyl (C=O) groups is 1. The Labute approximate surface area is 138 Å². The molecule has 0 aromatic heterocycles. The van der Waals surface area contributed by atoms with Crippen LogP contribution in [0.1, 0.15) is 24.5 Å². The van der Waals surface area contributed by atoms with Gasteiger partial charge in [0.2, 0.25) is 5.91 Å². The number of amides is 1. The van der Waals surface area contributed by atoms with Gasteiger partial charge in [-0.25, -0.2) is 0 Å². The summed E-state index contributed by atoms with van der Waals surface area (Å²) >= 11 is 0. The molecule has 3 rings (SSSR count). The van der Waals surface area contributed by atoms with Crippen LogP contribution in [-0.2, 0) is 17.6 Å². The van der Waals surface area contributed by atoms with Gasteiger partial charge in [0.15, 0.2) is 0 Å². The third kappa shape index (κ3) is 3.92. The van der Waals surface area contributed by atoms with E-state index in [1.54, 1.807) is 0 Å². The maximum absolute atomic E-state index is 12.3. The van der Waals surface area contributed by atoms with Crippen molar-refractivity contribution in [3.8, 4) is 0 Å². The average molecular weight is 308 g/mol. The van der Waals surface area contributed by atoms with Gasteiger partial charge in [-0.15, -0.1) is 0 Å². The van der Waals surface area contributed by atoms with Crippen LogP contribution in [0.2, 0.25) is 0 Å². The number of aryl methyl sites for hydroxylation is 1. The number of nitrogens with zero attached hydrogens (tertiary/aromatic N) is 1. The fourth-order valence-corrected chi connectivity index (χ4v) is 3.20. The van der Waals surface area contributed by atoms with E-state index in [0.29, 0.717) is 19.1 Å². The first-order valence-corrected chi connectivity index (χ1v) is 8.39. The monoisotopic (exact) mass is 308 g/mol. The number of nitrogens with one attached hydrogen (secondary N) is 1. The zero-order valence-electron chi connectivity index (χ0n) is 13.7. The minimum atomic E-state index is 0.101. The lowest BCUT2D eigenvalue weighted by atomic mass is 9.96. The first kappa shape index (κ1) is 15.6. The first-order chi connectivity index (χ1) is 11.2. The minimum absolute atomic E-state index is 0.101. The van der Waals surface area contributed by atoms with E-state index >= 15 is 0 Å². The maximum atomic E-state index is 12.3. The molecule has 3 nitrogen and oxygen atoms in total. The van der Waals surface area contributed by atoms with E-state index in [0.717, 1.165) is 19.3 Å². The van der Waals surface area contributed by atoms with E-state index in [-0.39, 0.29) is 5.91 Å². The smallest absolute Gasteiger partial charge is 0.239 e. The lowest BCUT2D eigenvalue weighted by molar-refractivity contribution is -0.119. The molecule has 2 aromatic rings. The lowest BCUT2D eigenvalue weighted by Gasteiger charge is -2.36. The van der Waals surface area contributed by atoms with Crippen molar-refractivity contribution in [2.24, 2.45) is 0 Å². The summed E-state index contributed by atoms with van der Waals surface area (Å²) in [6, 6.07) is 19.1. The highest BCUT2D eigenvalue weighted by atomic mass is 16.2. The van der Waals surface area contributed by atoms with E-state index in [2.05, 4.69) is 53.5 Å².